The fraction of sp³-hybridized carbons (Fsp3) is 0.133. The molecule has 1 N–H and O–H groups in total. The van der Waals surface area contributed by atoms with Gasteiger partial charge in [-0.25, -0.2) is 0 Å². The maximum Gasteiger partial charge on any atom is 0.195 e. The Kier molecular flexibility index (Phi) is 3.79. The van der Waals surface area contributed by atoms with Gasteiger partial charge in [0, 0.05) is 18.0 Å². The predicted molar refractivity (Wildman–Crippen MR) is 82.7 cm³/mol. The Hall–Kier alpha value is -2.47. The molecule has 3 aromatic rings. The fourth-order valence-corrected chi connectivity index (χ4v) is 2.34. The number of rotatable bonds is 4. The quantitative estimate of drug-likeness (QED) is 0.752. The summed E-state index contributed by atoms with van der Waals surface area (Å²) in [6.07, 6.45) is 3.48. The van der Waals surface area contributed by atoms with Crippen LogP contribution >= 0.6 is 12.2 Å². The molecule has 1 aromatic carbocycles. The molecule has 0 atom stereocenters. The highest BCUT2D eigenvalue weighted by Gasteiger charge is 2.09. The van der Waals surface area contributed by atoms with Crippen LogP contribution in [-0.4, -0.2) is 26.9 Å². The van der Waals surface area contributed by atoms with Crippen molar-refractivity contribution >= 4 is 12.2 Å². The Morgan fingerprint density at radius 2 is 2.05 bits per heavy atom. The number of aromatic amines is 1. The highest BCUT2D eigenvalue weighted by Crippen LogP contribution is 2.19. The van der Waals surface area contributed by atoms with Gasteiger partial charge in [0.2, 0.25) is 0 Å². The highest BCUT2D eigenvalue weighted by molar-refractivity contribution is 7.71. The number of ether oxygens (including phenoxy) is 1. The van der Waals surface area contributed by atoms with Gasteiger partial charge >= 0.3 is 0 Å². The van der Waals surface area contributed by atoms with E-state index in [2.05, 4.69) is 15.2 Å². The summed E-state index contributed by atoms with van der Waals surface area (Å²) < 4.78 is 7.80. The summed E-state index contributed by atoms with van der Waals surface area (Å²) in [5, 5.41) is 7.16. The molecule has 3 rings (SSSR count). The first-order valence-electron chi connectivity index (χ1n) is 6.46. The molecule has 106 valence electrons. The lowest BCUT2D eigenvalue weighted by Crippen LogP contribution is -2.02. The van der Waals surface area contributed by atoms with Crippen molar-refractivity contribution in [3.05, 3.63) is 59.1 Å². The number of nitrogens with zero attached hydrogens (tertiary/aromatic N) is 3. The second-order valence-corrected chi connectivity index (χ2v) is 4.91. The zero-order valence-electron chi connectivity index (χ0n) is 11.5. The Labute approximate surface area is 127 Å². The average molecular weight is 298 g/mol. The first-order chi connectivity index (χ1) is 10.3. The minimum atomic E-state index is 0.588. The van der Waals surface area contributed by atoms with E-state index in [1.165, 1.54) is 0 Å². The van der Waals surface area contributed by atoms with E-state index >= 15 is 0 Å². The molecule has 0 radical (unpaired) electrons. The van der Waals surface area contributed by atoms with Crippen LogP contribution in [-0.2, 0) is 6.54 Å². The summed E-state index contributed by atoms with van der Waals surface area (Å²) in [5.74, 6) is 1.62. The van der Waals surface area contributed by atoms with Gasteiger partial charge in [-0.2, -0.15) is 5.10 Å². The van der Waals surface area contributed by atoms with Crippen LogP contribution in [0.4, 0.5) is 0 Å². The van der Waals surface area contributed by atoms with Gasteiger partial charge < -0.3 is 4.74 Å². The highest BCUT2D eigenvalue weighted by atomic mass is 32.1. The molecule has 0 aliphatic heterocycles. The number of pyridine rings is 1. The number of hydrogen-bond donors (Lipinski definition) is 1. The number of benzene rings is 1. The standard InChI is InChI=1S/C15H14N4OS/c1-20-13-4-2-3-11(9-13)10-19-14(17-18-15(19)21)12-5-7-16-8-6-12/h2-9H,10H2,1H3,(H,18,21). The van der Waals surface area contributed by atoms with Crippen molar-refractivity contribution in [1.29, 1.82) is 0 Å². The Balaban J connectivity index is 1.99. The van der Waals surface area contributed by atoms with Crippen LogP contribution in [0.5, 0.6) is 5.75 Å². The van der Waals surface area contributed by atoms with E-state index in [1.54, 1.807) is 19.5 Å². The van der Waals surface area contributed by atoms with Gasteiger partial charge in [-0.3, -0.25) is 14.6 Å². The molecule has 0 spiro atoms. The summed E-state index contributed by atoms with van der Waals surface area (Å²) >= 11 is 5.33. The van der Waals surface area contributed by atoms with Crippen LogP contribution in [0, 0.1) is 4.77 Å². The molecular weight excluding hydrogens is 284 g/mol. The van der Waals surface area contributed by atoms with Crippen LogP contribution in [0.15, 0.2) is 48.8 Å². The predicted octanol–water partition coefficient (Wildman–Crippen LogP) is 3.06. The van der Waals surface area contributed by atoms with Crippen LogP contribution in [0.1, 0.15) is 5.56 Å². The van der Waals surface area contributed by atoms with E-state index < -0.39 is 0 Å². The van der Waals surface area contributed by atoms with Crippen LogP contribution < -0.4 is 4.74 Å². The summed E-state index contributed by atoms with van der Waals surface area (Å²) in [6, 6.07) is 11.7. The van der Waals surface area contributed by atoms with Crippen molar-refractivity contribution in [3.8, 4) is 17.1 Å². The topological polar surface area (TPSA) is 55.7 Å². The molecule has 0 aliphatic rings. The number of methoxy groups -OCH3 is 1. The van der Waals surface area contributed by atoms with Gasteiger partial charge in [0.1, 0.15) is 5.75 Å². The first-order valence-corrected chi connectivity index (χ1v) is 6.87. The molecule has 0 saturated heterocycles. The van der Waals surface area contributed by atoms with E-state index in [0.717, 1.165) is 22.7 Å². The molecule has 0 bridgehead atoms. The van der Waals surface area contributed by atoms with E-state index in [9.17, 15) is 0 Å². The molecule has 6 heteroatoms. The van der Waals surface area contributed by atoms with Crippen molar-refractivity contribution in [3.63, 3.8) is 0 Å². The second-order valence-electron chi connectivity index (χ2n) is 4.53. The second kappa shape index (κ2) is 5.88. The normalized spacial score (nSPS) is 10.5. The third-order valence-corrected chi connectivity index (χ3v) is 3.48. The molecule has 5 nitrogen and oxygen atoms in total. The maximum absolute atomic E-state index is 5.33. The van der Waals surface area contributed by atoms with Gasteiger partial charge in [0.15, 0.2) is 10.6 Å². The monoisotopic (exact) mass is 298 g/mol. The van der Waals surface area contributed by atoms with Crippen molar-refractivity contribution in [1.82, 2.24) is 19.7 Å². The zero-order chi connectivity index (χ0) is 14.7. The lowest BCUT2D eigenvalue weighted by molar-refractivity contribution is 0.414. The first kappa shape index (κ1) is 13.5. The molecule has 0 unspecified atom stereocenters. The Morgan fingerprint density at radius 3 is 2.81 bits per heavy atom. The minimum Gasteiger partial charge on any atom is -0.497 e. The molecule has 0 saturated carbocycles. The number of aromatic nitrogens is 4. The van der Waals surface area contributed by atoms with Crippen LogP contribution in [0.2, 0.25) is 0 Å². The van der Waals surface area contributed by atoms with Crippen LogP contribution in [0.25, 0.3) is 11.4 Å². The number of H-pyrrole nitrogens is 1. The van der Waals surface area contributed by atoms with Gasteiger partial charge in [-0.15, -0.1) is 0 Å². The largest absolute Gasteiger partial charge is 0.497 e. The summed E-state index contributed by atoms with van der Waals surface area (Å²) in [4.78, 5) is 4.02. The average Bonchev–Trinajstić information content (AvgIpc) is 2.89. The SMILES string of the molecule is COc1cccc(Cn2c(-c3ccncc3)n[nH]c2=S)c1. The third-order valence-electron chi connectivity index (χ3n) is 3.17. The number of nitrogens with one attached hydrogen (secondary N) is 1. The fourth-order valence-electron chi connectivity index (χ4n) is 2.14. The van der Waals surface area contributed by atoms with Gasteiger partial charge in [0.25, 0.3) is 0 Å². The number of hydrogen-bond acceptors (Lipinski definition) is 4. The third kappa shape index (κ3) is 2.85. The Bertz CT molecular complexity index is 795. The summed E-state index contributed by atoms with van der Waals surface area (Å²) in [7, 11) is 1.66. The van der Waals surface area contributed by atoms with Crippen molar-refractivity contribution in [2.45, 2.75) is 6.54 Å². The summed E-state index contributed by atoms with van der Waals surface area (Å²) in [5.41, 5.74) is 2.07. The van der Waals surface area contributed by atoms with Crippen LogP contribution in [0.3, 0.4) is 0 Å². The molecular formula is C15H14N4OS. The molecule has 2 aromatic heterocycles. The van der Waals surface area contributed by atoms with Crippen molar-refractivity contribution in [2.75, 3.05) is 7.11 Å². The van der Waals surface area contributed by atoms with E-state index in [4.69, 9.17) is 17.0 Å². The van der Waals surface area contributed by atoms with Crippen molar-refractivity contribution < 1.29 is 4.74 Å². The molecule has 0 amide bonds. The molecule has 0 fully saturated rings. The Morgan fingerprint density at radius 1 is 1.24 bits per heavy atom. The summed E-state index contributed by atoms with van der Waals surface area (Å²) in [6.45, 7) is 0.629. The van der Waals surface area contributed by atoms with Crippen molar-refractivity contribution in [2.24, 2.45) is 0 Å². The lowest BCUT2D eigenvalue weighted by Gasteiger charge is -2.08. The van der Waals surface area contributed by atoms with Gasteiger partial charge in [-0.1, -0.05) is 12.1 Å². The lowest BCUT2D eigenvalue weighted by atomic mass is 10.2. The van der Waals surface area contributed by atoms with E-state index in [-0.39, 0.29) is 0 Å². The van der Waals surface area contributed by atoms with Gasteiger partial charge in [-0.05, 0) is 42.0 Å². The molecule has 2 heterocycles. The van der Waals surface area contributed by atoms with E-state index in [1.807, 2.05) is 41.0 Å². The zero-order valence-corrected chi connectivity index (χ0v) is 12.3. The van der Waals surface area contributed by atoms with E-state index in [0.29, 0.717) is 11.3 Å². The smallest absolute Gasteiger partial charge is 0.195 e. The molecule has 0 aliphatic carbocycles. The van der Waals surface area contributed by atoms with Gasteiger partial charge in [0.05, 0.1) is 13.7 Å². The minimum absolute atomic E-state index is 0.588. The molecule has 21 heavy (non-hydrogen) atoms. The maximum atomic E-state index is 5.33.